The summed E-state index contributed by atoms with van der Waals surface area (Å²) in [7, 11) is -3.58. The van der Waals surface area contributed by atoms with Crippen molar-refractivity contribution in [2.75, 3.05) is 26.2 Å². The van der Waals surface area contributed by atoms with Gasteiger partial charge >= 0.3 is 0 Å². The molecule has 1 aromatic carbocycles. The first-order chi connectivity index (χ1) is 12.6. The lowest BCUT2D eigenvalue weighted by Crippen LogP contribution is -2.54. The Morgan fingerprint density at radius 2 is 1.67 bits per heavy atom. The van der Waals surface area contributed by atoms with Gasteiger partial charge in [0, 0.05) is 32.6 Å². The second-order valence-corrected chi connectivity index (χ2v) is 10.1. The van der Waals surface area contributed by atoms with Crippen LogP contribution in [0.15, 0.2) is 29.2 Å². The molecule has 2 amide bonds. The fraction of sp³-hybridized carbons (Fsp3) is 0.579. The topological polar surface area (TPSA) is 86.8 Å². The average molecular weight is 394 g/mol. The summed E-state index contributed by atoms with van der Waals surface area (Å²) in [5.41, 5.74) is 1.04. The maximum absolute atomic E-state index is 12.9. The van der Waals surface area contributed by atoms with Gasteiger partial charge in [0.15, 0.2) is 0 Å². The highest BCUT2D eigenvalue weighted by Gasteiger charge is 2.35. The number of nitrogens with one attached hydrogen (secondary N) is 1. The minimum Gasteiger partial charge on any atom is -0.344 e. The van der Waals surface area contributed by atoms with Crippen molar-refractivity contribution in [2.24, 2.45) is 0 Å². The molecule has 8 heteroatoms. The lowest BCUT2D eigenvalue weighted by Gasteiger charge is -2.35. The molecule has 0 unspecified atom stereocenters. The molecule has 0 aromatic heterocycles. The number of amides is 2. The predicted octanol–water partition coefficient (Wildman–Crippen LogP) is 1.10. The molecule has 2 aliphatic heterocycles. The Bertz CT molecular complexity index is 820. The van der Waals surface area contributed by atoms with Crippen LogP contribution in [0.4, 0.5) is 0 Å². The number of sulfonamides is 1. The Balaban J connectivity index is 1.64. The lowest BCUT2D eigenvalue weighted by molar-refractivity contribution is -0.135. The standard InChI is InChI=1S/C19H27N3O4S/c1-19(2,3)14-4-6-15(7-5-14)27(25,26)22-12-10-21(11-13-22)18(24)16-8-9-17(23)20-16/h4-7,16H,8-13H2,1-3H3,(H,20,23)/t16-/m1/s1. The van der Waals surface area contributed by atoms with Gasteiger partial charge in [-0.2, -0.15) is 4.31 Å². The molecular weight excluding hydrogens is 366 g/mol. The Morgan fingerprint density at radius 1 is 1.07 bits per heavy atom. The molecule has 1 N–H and O–H groups in total. The zero-order chi connectivity index (χ0) is 19.8. The number of carbonyl (C=O) groups is 2. The number of nitrogens with zero attached hydrogens (tertiary/aromatic N) is 2. The van der Waals surface area contributed by atoms with E-state index in [1.165, 1.54) is 4.31 Å². The molecular formula is C19H27N3O4S. The van der Waals surface area contributed by atoms with E-state index in [0.717, 1.165) is 5.56 Å². The van der Waals surface area contributed by atoms with E-state index in [4.69, 9.17) is 0 Å². The molecule has 2 aliphatic rings. The molecule has 148 valence electrons. The molecule has 2 heterocycles. The van der Waals surface area contributed by atoms with E-state index in [1.54, 1.807) is 17.0 Å². The smallest absolute Gasteiger partial charge is 0.245 e. The highest BCUT2D eigenvalue weighted by Crippen LogP contribution is 2.25. The molecule has 1 aromatic rings. The van der Waals surface area contributed by atoms with Gasteiger partial charge in [-0.25, -0.2) is 8.42 Å². The van der Waals surface area contributed by atoms with Gasteiger partial charge in [-0.3, -0.25) is 9.59 Å². The zero-order valence-electron chi connectivity index (χ0n) is 16.1. The van der Waals surface area contributed by atoms with Crippen LogP contribution in [0.1, 0.15) is 39.2 Å². The van der Waals surface area contributed by atoms with E-state index in [2.05, 4.69) is 26.1 Å². The van der Waals surface area contributed by atoms with Gasteiger partial charge in [0.2, 0.25) is 21.8 Å². The Hall–Kier alpha value is -1.93. The molecule has 7 nitrogen and oxygen atoms in total. The first-order valence-corrected chi connectivity index (χ1v) is 10.7. The van der Waals surface area contributed by atoms with Gasteiger partial charge in [-0.15, -0.1) is 0 Å². The lowest BCUT2D eigenvalue weighted by atomic mass is 9.87. The molecule has 0 bridgehead atoms. The second-order valence-electron chi connectivity index (χ2n) is 8.16. The van der Waals surface area contributed by atoms with Gasteiger partial charge < -0.3 is 10.2 Å². The van der Waals surface area contributed by atoms with Crippen LogP contribution in [0.2, 0.25) is 0 Å². The number of rotatable bonds is 3. The fourth-order valence-corrected chi connectivity index (χ4v) is 4.87. The van der Waals surface area contributed by atoms with Crippen molar-refractivity contribution in [1.29, 1.82) is 0 Å². The van der Waals surface area contributed by atoms with E-state index in [-0.39, 0.29) is 35.2 Å². The molecule has 0 spiro atoms. The predicted molar refractivity (Wildman–Crippen MR) is 102 cm³/mol. The van der Waals surface area contributed by atoms with Gasteiger partial charge in [-0.1, -0.05) is 32.9 Å². The average Bonchev–Trinajstić information content (AvgIpc) is 3.07. The minimum atomic E-state index is -3.58. The van der Waals surface area contributed by atoms with E-state index in [1.807, 2.05) is 12.1 Å². The van der Waals surface area contributed by atoms with Gasteiger partial charge in [0.05, 0.1) is 4.90 Å². The zero-order valence-corrected chi connectivity index (χ0v) is 16.9. The first-order valence-electron chi connectivity index (χ1n) is 9.28. The Kier molecular flexibility index (Phi) is 5.31. The maximum atomic E-state index is 12.9. The Labute approximate surface area is 160 Å². The van der Waals surface area contributed by atoms with Crippen molar-refractivity contribution in [2.45, 2.75) is 50.0 Å². The molecule has 0 aliphatic carbocycles. The summed E-state index contributed by atoms with van der Waals surface area (Å²) < 4.78 is 27.2. The molecule has 0 saturated carbocycles. The summed E-state index contributed by atoms with van der Waals surface area (Å²) in [4.78, 5) is 25.7. The van der Waals surface area contributed by atoms with Crippen molar-refractivity contribution in [3.63, 3.8) is 0 Å². The quantitative estimate of drug-likeness (QED) is 0.833. The number of benzene rings is 1. The van der Waals surface area contributed by atoms with E-state index in [9.17, 15) is 18.0 Å². The summed E-state index contributed by atoms with van der Waals surface area (Å²) in [6.45, 7) is 7.44. The van der Waals surface area contributed by atoms with Crippen molar-refractivity contribution in [3.8, 4) is 0 Å². The van der Waals surface area contributed by atoms with Gasteiger partial charge in [0.1, 0.15) is 6.04 Å². The second kappa shape index (κ2) is 7.24. The summed E-state index contributed by atoms with van der Waals surface area (Å²) in [5.74, 6) is -0.222. The van der Waals surface area contributed by atoms with Crippen LogP contribution in [-0.4, -0.2) is 61.7 Å². The SMILES string of the molecule is CC(C)(C)c1ccc(S(=O)(=O)N2CCN(C(=O)[C@H]3CCC(=O)N3)CC2)cc1. The normalized spacial score (nSPS) is 22.0. The van der Waals surface area contributed by atoms with Crippen LogP contribution in [0.3, 0.4) is 0 Å². The maximum Gasteiger partial charge on any atom is 0.245 e. The van der Waals surface area contributed by atoms with Gasteiger partial charge in [0.25, 0.3) is 0 Å². The van der Waals surface area contributed by atoms with E-state index >= 15 is 0 Å². The first kappa shape index (κ1) is 19.8. The minimum absolute atomic E-state index is 0.0378. The fourth-order valence-electron chi connectivity index (χ4n) is 3.44. The molecule has 0 radical (unpaired) electrons. The van der Waals surface area contributed by atoms with Crippen LogP contribution in [0, 0.1) is 0 Å². The van der Waals surface area contributed by atoms with Crippen LogP contribution in [-0.2, 0) is 25.0 Å². The van der Waals surface area contributed by atoms with Crippen molar-refractivity contribution in [3.05, 3.63) is 29.8 Å². The summed E-state index contributed by atoms with van der Waals surface area (Å²) >= 11 is 0. The summed E-state index contributed by atoms with van der Waals surface area (Å²) in [6, 6.07) is 6.55. The molecule has 2 fully saturated rings. The largest absolute Gasteiger partial charge is 0.344 e. The molecule has 1 atom stereocenters. The van der Waals surface area contributed by atoms with Crippen LogP contribution < -0.4 is 5.32 Å². The van der Waals surface area contributed by atoms with Crippen LogP contribution >= 0.6 is 0 Å². The van der Waals surface area contributed by atoms with Crippen molar-refractivity contribution < 1.29 is 18.0 Å². The highest BCUT2D eigenvalue weighted by atomic mass is 32.2. The van der Waals surface area contributed by atoms with Gasteiger partial charge in [-0.05, 0) is 29.5 Å². The highest BCUT2D eigenvalue weighted by molar-refractivity contribution is 7.89. The molecule has 3 rings (SSSR count). The Morgan fingerprint density at radius 3 is 2.15 bits per heavy atom. The third-order valence-electron chi connectivity index (χ3n) is 5.20. The number of piperazine rings is 1. The van der Waals surface area contributed by atoms with Crippen LogP contribution in [0.5, 0.6) is 0 Å². The molecule has 27 heavy (non-hydrogen) atoms. The number of hydrogen-bond acceptors (Lipinski definition) is 4. The van der Waals surface area contributed by atoms with Crippen LogP contribution in [0.25, 0.3) is 0 Å². The third-order valence-corrected chi connectivity index (χ3v) is 7.11. The van der Waals surface area contributed by atoms with E-state index in [0.29, 0.717) is 25.9 Å². The number of hydrogen-bond donors (Lipinski definition) is 1. The summed E-state index contributed by atoms with van der Waals surface area (Å²) in [6.07, 6.45) is 0.881. The summed E-state index contributed by atoms with van der Waals surface area (Å²) in [5, 5.41) is 2.67. The monoisotopic (exact) mass is 393 g/mol. The third kappa shape index (κ3) is 4.16. The molecule has 2 saturated heterocycles. The van der Waals surface area contributed by atoms with Crippen molar-refractivity contribution in [1.82, 2.24) is 14.5 Å². The van der Waals surface area contributed by atoms with E-state index < -0.39 is 16.1 Å². The van der Waals surface area contributed by atoms with Crippen molar-refractivity contribution >= 4 is 21.8 Å². The number of carbonyl (C=O) groups excluding carboxylic acids is 2.